The molecule has 1 heterocycles. The van der Waals surface area contributed by atoms with Gasteiger partial charge in [0.2, 0.25) is 5.91 Å². The molecule has 0 bridgehead atoms. The second-order valence-electron chi connectivity index (χ2n) is 5.40. The summed E-state index contributed by atoms with van der Waals surface area (Å²) in [7, 11) is 0. The molecule has 6 nitrogen and oxygen atoms in total. The summed E-state index contributed by atoms with van der Waals surface area (Å²) in [4.78, 5) is 36.7. The van der Waals surface area contributed by atoms with E-state index in [0.29, 0.717) is 12.1 Å². The van der Waals surface area contributed by atoms with Gasteiger partial charge < -0.3 is 10.6 Å². The van der Waals surface area contributed by atoms with Crippen LogP contribution in [0.5, 0.6) is 0 Å². The van der Waals surface area contributed by atoms with Crippen LogP contribution in [0.2, 0.25) is 0 Å². The Labute approximate surface area is 140 Å². The first-order valence-electron chi connectivity index (χ1n) is 7.59. The molecule has 2 N–H and O–H groups in total. The summed E-state index contributed by atoms with van der Waals surface area (Å²) < 4.78 is 0. The van der Waals surface area contributed by atoms with Gasteiger partial charge in [0.15, 0.2) is 0 Å². The van der Waals surface area contributed by atoms with Gasteiger partial charge in [0, 0.05) is 18.2 Å². The highest BCUT2D eigenvalue weighted by Gasteiger charge is 2.29. The number of nitrogens with zero attached hydrogens (tertiary/aromatic N) is 1. The second kappa shape index (κ2) is 8.12. The number of imide groups is 1. The zero-order valence-corrected chi connectivity index (χ0v) is 14.1. The number of thioether (sulfide) groups is 1. The van der Waals surface area contributed by atoms with Crippen LogP contribution in [0.3, 0.4) is 0 Å². The monoisotopic (exact) mass is 335 g/mol. The van der Waals surface area contributed by atoms with Crippen molar-refractivity contribution in [2.45, 2.75) is 26.4 Å². The van der Waals surface area contributed by atoms with Crippen molar-refractivity contribution in [1.29, 1.82) is 0 Å². The summed E-state index contributed by atoms with van der Waals surface area (Å²) in [6.45, 7) is 5.61. The predicted molar refractivity (Wildman–Crippen MR) is 90.3 cm³/mol. The molecule has 0 spiro atoms. The number of rotatable bonds is 7. The van der Waals surface area contributed by atoms with Gasteiger partial charge in [-0.2, -0.15) is 0 Å². The van der Waals surface area contributed by atoms with Crippen molar-refractivity contribution in [3.8, 4) is 0 Å². The third-order valence-corrected chi connectivity index (χ3v) is 4.35. The summed E-state index contributed by atoms with van der Waals surface area (Å²) in [6, 6.07) is 7.21. The Morgan fingerprint density at radius 3 is 2.83 bits per heavy atom. The minimum absolute atomic E-state index is 0.162. The third kappa shape index (κ3) is 4.80. The average Bonchev–Trinajstić information content (AvgIpc) is 2.85. The van der Waals surface area contributed by atoms with Crippen LogP contribution in [0.25, 0.3) is 0 Å². The van der Waals surface area contributed by atoms with E-state index in [4.69, 9.17) is 0 Å². The Balaban J connectivity index is 1.97. The van der Waals surface area contributed by atoms with Gasteiger partial charge in [-0.15, -0.1) is 0 Å². The lowest BCUT2D eigenvalue weighted by molar-refractivity contribution is -0.125. The van der Waals surface area contributed by atoms with Crippen molar-refractivity contribution in [2.75, 3.05) is 18.8 Å². The SMILES string of the molecule is CCN[C@H](C)CNC(=O)c1cccc(CN2C(=O)CSC2=O)c1. The minimum Gasteiger partial charge on any atom is -0.350 e. The molecule has 2 rings (SSSR count). The first-order chi connectivity index (χ1) is 11.0. The summed E-state index contributed by atoms with van der Waals surface area (Å²) in [5, 5.41) is 5.86. The summed E-state index contributed by atoms with van der Waals surface area (Å²) in [6.07, 6.45) is 0. The van der Waals surface area contributed by atoms with Gasteiger partial charge in [-0.1, -0.05) is 30.8 Å². The first-order valence-corrected chi connectivity index (χ1v) is 8.57. The van der Waals surface area contributed by atoms with Crippen molar-refractivity contribution in [2.24, 2.45) is 0 Å². The molecule has 1 aromatic carbocycles. The number of carbonyl (C=O) groups excluding carboxylic acids is 3. The van der Waals surface area contributed by atoms with Crippen molar-refractivity contribution >= 4 is 28.8 Å². The molecule has 0 radical (unpaired) electrons. The maximum Gasteiger partial charge on any atom is 0.289 e. The lowest BCUT2D eigenvalue weighted by Crippen LogP contribution is -2.38. The van der Waals surface area contributed by atoms with E-state index < -0.39 is 0 Å². The van der Waals surface area contributed by atoms with E-state index in [1.165, 1.54) is 4.90 Å². The summed E-state index contributed by atoms with van der Waals surface area (Å²) >= 11 is 1.01. The van der Waals surface area contributed by atoms with E-state index in [1.807, 2.05) is 19.9 Å². The van der Waals surface area contributed by atoms with Crippen molar-refractivity contribution < 1.29 is 14.4 Å². The first kappa shape index (κ1) is 17.5. The molecule has 0 aliphatic carbocycles. The average molecular weight is 335 g/mol. The molecule has 1 atom stereocenters. The van der Waals surface area contributed by atoms with Gasteiger partial charge in [0.1, 0.15) is 0 Å². The van der Waals surface area contributed by atoms with Crippen LogP contribution in [0.4, 0.5) is 4.79 Å². The fraction of sp³-hybridized carbons (Fsp3) is 0.438. The summed E-state index contributed by atoms with van der Waals surface area (Å²) in [5.41, 5.74) is 1.29. The predicted octanol–water partition coefficient (Wildman–Crippen LogP) is 1.61. The maximum absolute atomic E-state index is 12.2. The Hall–Kier alpha value is -1.86. The number of amides is 3. The van der Waals surface area contributed by atoms with Gasteiger partial charge >= 0.3 is 0 Å². The molecule has 124 valence electrons. The molecular formula is C16H21N3O3S. The molecule has 0 unspecified atom stereocenters. The van der Waals surface area contributed by atoms with E-state index in [9.17, 15) is 14.4 Å². The zero-order chi connectivity index (χ0) is 16.8. The van der Waals surface area contributed by atoms with Crippen LogP contribution in [0, 0.1) is 0 Å². The highest BCUT2D eigenvalue weighted by atomic mass is 32.2. The fourth-order valence-electron chi connectivity index (χ4n) is 2.30. The minimum atomic E-state index is -0.232. The van der Waals surface area contributed by atoms with Gasteiger partial charge in [-0.25, -0.2) is 0 Å². The van der Waals surface area contributed by atoms with Gasteiger partial charge in [-0.05, 0) is 31.2 Å². The van der Waals surface area contributed by atoms with E-state index in [-0.39, 0.29) is 35.4 Å². The van der Waals surface area contributed by atoms with Crippen LogP contribution < -0.4 is 10.6 Å². The van der Waals surface area contributed by atoms with Crippen molar-refractivity contribution in [3.05, 3.63) is 35.4 Å². The van der Waals surface area contributed by atoms with E-state index >= 15 is 0 Å². The van der Waals surface area contributed by atoms with E-state index in [0.717, 1.165) is 23.9 Å². The number of carbonyl (C=O) groups is 3. The van der Waals surface area contributed by atoms with E-state index in [1.54, 1.807) is 18.2 Å². The van der Waals surface area contributed by atoms with Crippen LogP contribution in [-0.2, 0) is 11.3 Å². The molecule has 1 aliphatic heterocycles. The Morgan fingerprint density at radius 2 is 2.17 bits per heavy atom. The van der Waals surface area contributed by atoms with Gasteiger partial charge in [0.05, 0.1) is 12.3 Å². The lowest BCUT2D eigenvalue weighted by atomic mass is 10.1. The van der Waals surface area contributed by atoms with E-state index in [2.05, 4.69) is 10.6 Å². The Kier molecular flexibility index (Phi) is 6.18. The molecule has 23 heavy (non-hydrogen) atoms. The Bertz CT molecular complexity index is 590. The largest absolute Gasteiger partial charge is 0.350 e. The number of nitrogens with one attached hydrogen (secondary N) is 2. The molecule has 1 aliphatic rings. The standard InChI is InChI=1S/C16H21N3O3S/c1-3-17-11(2)8-18-15(21)13-6-4-5-12(7-13)9-19-14(20)10-23-16(19)22/h4-7,11,17H,3,8-10H2,1-2H3,(H,18,21)/t11-/m1/s1. The molecule has 3 amide bonds. The summed E-state index contributed by atoms with van der Waals surface area (Å²) in [5.74, 6) is -0.152. The molecule has 1 saturated heterocycles. The van der Waals surface area contributed by atoms with Crippen LogP contribution in [-0.4, -0.2) is 46.8 Å². The quantitative estimate of drug-likeness (QED) is 0.791. The molecular weight excluding hydrogens is 314 g/mol. The molecule has 0 aromatic heterocycles. The molecule has 1 fully saturated rings. The highest BCUT2D eigenvalue weighted by Crippen LogP contribution is 2.21. The molecule has 1 aromatic rings. The van der Waals surface area contributed by atoms with Gasteiger partial charge in [0.25, 0.3) is 11.1 Å². The fourth-order valence-corrected chi connectivity index (χ4v) is 3.02. The normalized spacial score (nSPS) is 15.8. The lowest BCUT2D eigenvalue weighted by Gasteiger charge is -2.15. The zero-order valence-electron chi connectivity index (χ0n) is 13.3. The Morgan fingerprint density at radius 1 is 1.39 bits per heavy atom. The van der Waals surface area contributed by atoms with Crippen molar-refractivity contribution in [1.82, 2.24) is 15.5 Å². The highest BCUT2D eigenvalue weighted by molar-refractivity contribution is 8.14. The van der Waals surface area contributed by atoms with Crippen LogP contribution in [0.15, 0.2) is 24.3 Å². The number of likely N-dealkylation sites (N-methyl/N-ethyl adjacent to an activating group) is 1. The third-order valence-electron chi connectivity index (χ3n) is 3.49. The number of hydrogen-bond acceptors (Lipinski definition) is 5. The van der Waals surface area contributed by atoms with Crippen LogP contribution in [0.1, 0.15) is 29.8 Å². The number of hydrogen-bond donors (Lipinski definition) is 2. The van der Waals surface area contributed by atoms with Crippen molar-refractivity contribution in [3.63, 3.8) is 0 Å². The topological polar surface area (TPSA) is 78.5 Å². The second-order valence-corrected chi connectivity index (χ2v) is 6.33. The van der Waals surface area contributed by atoms with Crippen LogP contribution >= 0.6 is 11.8 Å². The smallest absolute Gasteiger partial charge is 0.289 e. The maximum atomic E-state index is 12.2. The molecule has 7 heteroatoms. The van der Waals surface area contributed by atoms with Gasteiger partial charge in [-0.3, -0.25) is 19.3 Å². The number of benzene rings is 1. The molecule has 0 saturated carbocycles.